The van der Waals surface area contributed by atoms with Gasteiger partial charge in [0.25, 0.3) is 0 Å². The van der Waals surface area contributed by atoms with Gasteiger partial charge in [0, 0.05) is 24.9 Å². The van der Waals surface area contributed by atoms with Crippen molar-refractivity contribution in [1.29, 1.82) is 5.26 Å². The highest BCUT2D eigenvalue weighted by Gasteiger charge is 2.42. The Bertz CT molecular complexity index is 909. The normalized spacial score (nSPS) is 32.4. The van der Waals surface area contributed by atoms with Crippen LogP contribution < -0.4 is 5.32 Å². The summed E-state index contributed by atoms with van der Waals surface area (Å²) < 4.78 is 8.10. The maximum Gasteiger partial charge on any atom is 0.410 e. The van der Waals surface area contributed by atoms with E-state index in [0.717, 1.165) is 43.8 Å². The molecule has 1 aromatic rings. The van der Waals surface area contributed by atoms with E-state index in [1.807, 2.05) is 6.20 Å². The van der Waals surface area contributed by atoms with Gasteiger partial charge in [-0.1, -0.05) is 13.3 Å². The third-order valence-corrected chi connectivity index (χ3v) is 6.99. The van der Waals surface area contributed by atoms with Crippen molar-refractivity contribution < 1.29 is 9.53 Å². The zero-order valence-electron chi connectivity index (χ0n) is 17.1. The van der Waals surface area contributed by atoms with Gasteiger partial charge in [-0.05, 0) is 43.9 Å². The third-order valence-electron chi connectivity index (χ3n) is 6.99. The number of nitriles is 1. The van der Waals surface area contributed by atoms with Crippen LogP contribution in [0.5, 0.6) is 0 Å². The first kappa shape index (κ1) is 19.1. The number of nitrogens with zero attached hydrogens (tertiary/aromatic N) is 6. The molecule has 30 heavy (non-hydrogen) atoms. The fourth-order valence-corrected chi connectivity index (χ4v) is 5.27. The zero-order valence-corrected chi connectivity index (χ0v) is 17.1. The van der Waals surface area contributed by atoms with Gasteiger partial charge in [0.1, 0.15) is 18.1 Å². The molecule has 0 radical (unpaired) electrons. The fraction of sp³-hybridized carbons (Fsp3) is 0.667. The summed E-state index contributed by atoms with van der Waals surface area (Å²) in [4.78, 5) is 18.9. The van der Waals surface area contributed by atoms with Gasteiger partial charge in [0.05, 0.1) is 18.3 Å². The molecule has 0 aromatic carbocycles. The lowest BCUT2D eigenvalue weighted by molar-refractivity contribution is 0.0557. The number of hydrogen-bond donors (Lipinski definition) is 1. The number of nitrogens with one attached hydrogen (secondary N) is 1. The molecule has 1 saturated heterocycles. The number of fused-ring (bicyclic) bond motifs is 3. The Morgan fingerprint density at radius 2 is 2.17 bits per heavy atom. The first-order valence-corrected chi connectivity index (χ1v) is 10.9. The smallest absolute Gasteiger partial charge is 0.410 e. The number of ether oxygens (including phenoxy) is 1. The van der Waals surface area contributed by atoms with Crippen LogP contribution in [0.3, 0.4) is 0 Å². The Morgan fingerprint density at radius 3 is 2.93 bits per heavy atom. The molecule has 9 nitrogen and oxygen atoms in total. The Balaban J connectivity index is 1.29. The van der Waals surface area contributed by atoms with Gasteiger partial charge in [-0.3, -0.25) is 9.56 Å². The molecule has 0 bridgehead atoms. The third kappa shape index (κ3) is 3.24. The molecule has 5 rings (SSSR count). The zero-order chi connectivity index (χ0) is 20.7. The number of aliphatic imine (C=N–C) groups is 1. The maximum absolute atomic E-state index is 12.7. The van der Waals surface area contributed by atoms with Crippen LogP contribution in [0.1, 0.15) is 62.6 Å². The molecule has 2 unspecified atom stereocenters. The Hall–Kier alpha value is -2.89. The van der Waals surface area contributed by atoms with E-state index in [1.165, 1.54) is 0 Å². The van der Waals surface area contributed by atoms with Crippen LogP contribution in [0.25, 0.3) is 0 Å². The van der Waals surface area contributed by atoms with Crippen LogP contribution in [0, 0.1) is 23.2 Å². The SMILES string of the molecule is CC[C@@H]1C[C@H](OC(=O)N2CCC(C#N)CC2)C[C@@H]1c1nnc2n1C1C=CNC1N=C2. The Kier molecular flexibility index (Phi) is 4.93. The summed E-state index contributed by atoms with van der Waals surface area (Å²) in [5.41, 5.74) is 0. The number of likely N-dealkylation sites (tertiary alicyclic amines) is 1. The van der Waals surface area contributed by atoms with E-state index in [-0.39, 0.29) is 36.2 Å². The van der Waals surface area contributed by atoms with E-state index in [0.29, 0.717) is 19.0 Å². The van der Waals surface area contributed by atoms with Crippen molar-refractivity contribution >= 4 is 12.3 Å². The highest BCUT2D eigenvalue weighted by atomic mass is 16.6. The lowest BCUT2D eigenvalue weighted by atomic mass is 9.92. The topological polar surface area (TPSA) is 108 Å². The lowest BCUT2D eigenvalue weighted by Crippen LogP contribution is -2.39. The molecular formula is C21H27N7O2. The van der Waals surface area contributed by atoms with Crippen LogP contribution in [0.4, 0.5) is 4.79 Å². The standard InChI is InChI=1S/C21H27N7O2/c1-2-14-9-15(30-21(29)27-7-4-13(11-22)5-8-27)10-16(14)20-26-25-18-12-24-19-17(28(18)20)3-6-23-19/h3,6,12-17,19,23H,2,4-5,7-10H2,1H3/t14-,15+,16+,17?,19?/m1/s1. The molecular weight excluding hydrogens is 382 g/mol. The van der Waals surface area contributed by atoms with Crippen molar-refractivity contribution in [2.24, 2.45) is 16.8 Å². The summed E-state index contributed by atoms with van der Waals surface area (Å²) in [6.07, 6.45) is 9.56. The molecule has 4 aliphatic rings. The summed E-state index contributed by atoms with van der Waals surface area (Å²) >= 11 is 0. The first-order valence-electron chi connectivity index (χ1n) is 10.9. The van der Waals surface area contributed by atoms with Crippen molar-refractivity contribution in [3.8, 4) is 6.07 Å². The molecule has 1 N–H and O–H groups in total. The molecule has 1 amide bonds. The molecule has 3 aliphatic heterocycles. The summed E-state index contributed by atoms with van der Waals surface area (Å²) in [5.74, 6) is 2.42. The van der Waals surface area contributed by atoms with Gasteiger partial charge in [-0.15, -0.1) is 10.2 Å². The van der Waals surface area contributed by atoms with Crippen LogP contribution in [-0.4, -0.2) is 57.3 Å². The van der Waals surface area contributed by atoms with Gasteiger partial charge >= 0.3 is 6.09 Å². The average molecular weight is 409 g/mol. The van der Waals surface area contributed by atoms with Crippen molar-refractivity contribution in [1.82, 2.24) is 25.0 Å². The number of carbonyl (C=O) groups excluding carboxylic acids is 1. The molecule has 0 spiro atoms. The second-order valence-corrected chi connectivity index (χ2v) is 8.67. The van der Waals surface area contributed by atoms with Crippen LogP contribution in [0.15, 0.2) is 17.3 Å². The van der Waals surface area contributed by atoms with Crippen molar-refractivity contribution in [3.05, 3.63) is 23.9 Å². The molecule has 158 valence electrons. The predicted molar refractivity (Wildman–Crippen MR) is 109 cm³/mol. The molecule has 1 aliphatic carbocycles. The summed E-state index contributed by atoms with van der Waals surface area (Å²) in [6, 6.07) is 2.39. The number of hydrogen-bond acceptors (Lipinski definition) is 7. The number of carbonyl (C=O) groups is 1. The molecule has 1 saturated carbocycles. The fourth-order valence-electron chi connectivity index (χ4n) is 5.27. The molecule has 4 heterocycles. The van der Waals surface area contributed by atoms with Gasteiger partial charge in [0.2, 0.25) is 0 Å². The molecule has 1 aromatic heterocycles. The highest BCUT2D eigenvalue weighted by molar-refractivity contribution is 5.76. The van der Waals surface area contributed by atoms with Crippen molar-refractivity contribution in [2.75, 3.05) is 13.1 Å². The van der Waals surface area contributed by atoms with Crippen molar-refractivity contribution in [3.63, 3.8) is 0 Å². The monoisotopic (exact) mass is 409 g/mol. The van der Waals surface area contributed by atoms with Crippen LogP contribution in [-0.2, 0) is 4.74 Å². The van der Waals surface area contributed by atoms with Gasteiger partial charge in [0.15, 0.2) is 5.82 Å². The van der Waals surface area contributed by atoms with Gasteiger partial charge in [-0.2, -0.15) is 5.26 Å². The quantitative estimate of drug-likeness (QED) is 0.821. The van der Waals surface area contributed by atoms with E-state index in [1.54, 1.807) is 11.1 Å². The largest absolute Gasteiger partial charge is 0.446 e. The van der Waals surface area contributed by atoms with E-state index < -0.39 is 0 Å². The minimum atomic E-state index is -0.245. The van der Waals surface area contributed by atoms with Crippen LogP contribution >= 0.6 is 0 Å². The van der Waals surface area contributed by atoms with E-state index in [4.69, 9.17) is 10.00 Å². The Morgan fingerprint density at radius 1 is 1.33 bits per heavy atom. The maximum atomic E-state index is 12.7. The second-order valence-electron chi connectivity index (χ2n) is 8.67. The van der Waals surface area contributed by atoms with E-state index in [2.05, 4.69) is 44.1 Å². The predicted octanol–water partition coefficient (Wildman–Crippen LogP) is 2.34. The molecule has 2 fully saturated rings. The number of amides is 1. The second kappa shape index (κ2) is 7.74. The minimum Gasteiger partial charge on any atom is -0.446 e. The summed E-state index contributed by atoms with van der Waals surface area (Å²) in [7, 11) is 0. The minimum absolute atomic E-state index is 0.00121. The summed E-state index contributed by atoms with van der Waals surface area (Å²) in [5, 5.41) is 21.2. The van der Waals surface area contributed by atoms with Gasteiger partial charge < -0.3 is 15.0 Å². The lowest BCUT2D eigenvalue weighted by Gasteiger charge is -2.29. The van der Waals surface area contributed by atoms with Crippen molar-refractivity contribution in [2.45, 2.75) is 63.3 Å². The van der Waals surface area contributed by atoms with Crippen LogP contribution in [0.2, 0.25) is 0 Å². The molecule has 9 heteroatoms. The Labute approximate surface area is 175 Å². The van der Waals surface area contributed by atoms with Gasteiger partial charge in [-0.25, -0.2) is 4.79 Å². The highest BCUT2D eigenvalue weighted by Crippen LogP contribution is 2.44. The van der Waals surface area contributed by atoms with E-state index in [9.17, 15) is 4.79 Å². The first-order chi connectivity index (χ1) is 14.7. The van der Waals surface area contributed by atoms with E-state index >= 15 is 0 Å². The summed E-state index contributed by atoms with van der Waals surface area (Å²) in [6.45, 7) is 3.39. The number of rotatable bonds is 3. The number of aromatic nitrogens is 3. The molecule has 5 atom stereocenters. The number of piperidine rings is 1. The average Bonchev–Trinajstić information content (AvgIpc) is 3.50.